The monoisotopic (exact) mass is 396 g/mol. The number of esters is 1. The van der Waals surface area contributed by atoms with E-state index in [1.807, 2.05) is 0 Å². The first-order valence-corrected chi connectivity index (χ1v) is 8.40. The highest BCUT2D eigenvalue weighted by Gasteiger charge is 2.20. The summed E-state index contributed by atoms with van der Waals surface area (Å²) in [5.41, 5.74) is -0.956. The Morgan fingerprint density at radius 3 is 2.37 bits per heavy atom. The number of ether oxygens (including phenoxy) is 1. The molecule has 0 heterocycles. The van der Waals surface area contributed by atoms with Crippen molar-refractivity contribution in [2.75, 3.05) is 12.4 Å². The number of nitrogens with zero attached hydrogens (tertiary/aromatic N) is 1. The normalized spacial score (nSPS) is 11.6. The molecule has 0 saturated carbocycles. The Hall–Kier alpha value is -3.01. The van der Waals surface area contributed by atoms with Crippen LogP contribution in [0.2, 0.25) is 0 Å². The number of hydrogen-bond donors (Lipinski definition) is 1. The zero-order valence-corrected chi connectivity index (χ0v) is 15.0. The van der Waals surface area contributed by atoms with Crippen LogP contribution in [-0.4, -0.2) is 29.2 Å². The number of amides is 1. The van der Waals surface area contributed by atoms with Gasteiger partial charge in [-0.3, -0.25) is 14.9 Å². The average molecular weight is 396 g/mol. The van der Waals surface area contributed by atoms with Crippen molar-refractivity contribution in [3.63, 3.8) is 0 Å². The largest absolute Gasteiger partial charge is 0.465 e. The van der Waals surface area contributed by atoms with Crippen LogP contribution >= 0.6 is 11.8 Å². The average Bonchev–Trinajstić information content (AvgIpc) is 2.63. The first-order chi connectivity index (χ1) is 12.7. The second-order valence-corrected chi connectivity index (χ2v) is 6.72. The number of anilines is 1. The van der Waals surface area contributed by atoms with Crippen molar-refractivity contribution in [2.45, 2.75) is 17.1 Å². The fraction of sp³-hybridized carbons (Fsp3) is 0.176. The molecule has 0 aliphatic carbocycles. The van der Waals surface area contributed by atoms with Crippen LogP contribution in [0.1, 0.15) is 17.3 Å². The van der Waals surface area contributed by atoms with Crippen LogP contribution in [0, 0.1) is 21.7 Å². The van der Waals surface area contributed by atoms with Gasteiger partial charge in [-0.2, -0.15) is 0 Å². The molecule has 1 amide bonds. The molecule has 1 atom stereocenters. The van der Waals surface area contributed by atoms with Crippen LogP contribution in [0.4, 0.5) is 20.2 Å². The third-order valence-electron chi connectivity index (χ3n) is 3.45. The topological polar surface area (TPSA) is 98.5 Å². The molecule has 0 bridgehead atoms. The number of methoxy groups -OCH3 is 1. The van der Waals surface area contributed by atoms with E-state index in [1.165, 1.54) is 24.3 Å². The number of rotatable bonds is 6. The number of benzene rings is 2. The zero-order valence-electron chi connectivity index (χ0n) is 14.2. The Labute approximate surface area is 156 Å². The van der Waals surface area contributed by atoms with E-state index in [4.69, 9.17) is 0 Å². The van der Waals surface area contributed by atoms with Gasteiger partial charge < -0.3 is 10.1 Å². The molecule has 0 radical (unpaired) electrons. The minimum absolute atomic E-state index is 0.0832. The maximum Gasteiger partial charge on any atom is 0.340 e. The summed E-state index contributed by atoms with van der Waals surface area (Å²) in [5.74, 6) is -3.75. The summed E-state index contributed by atoms with van der Waals surface area (Å²) in [7, 11) is 1.05. The molecule has 1 unspecified atom stereocenters. The van der Waals surface area contributed by atoms with Gasteiger partial charge in [0.1, 0.15) is 11.6 Å². The lowest BCUT2D eigenvalue weighted by Gasteiger charge is -2.13. The van der Waals surface area contributed by atoms with Gasteiger partial charge in [0.25, 0.3) is 5.69 Å². The molecule has 10 heteroatoms. The summed E-state index contributed by atoms with van der Waals surface area (Å²) in [5, 5.41) is 12.2. The molecule has 1 N–H and O–H groups in total. The third-order valence-corrected chi connectivity index (χ3v) is 4.56. The fourth-order valence-corrected chi connectivity index (χ4v) is 2.92. The molecule has 0 aromatic heterocycles. The van der Waals surface area contributed by atoms with Gasteiger partial charge in [-0.15, -0.1) is 11.8 Å². The van der Waals surface area contributed by atoms with Crippen molar-refractivity contribution < 1.29 is 28.0 Å². The summed E-state index contributed by atoms with van der Waals surface area (Å²) < 4.78 is 31.9. The molecule has 0 saturated heterocycles. The number of non-ortho nitro benzene ring substituents is 1. The molecule has 142 valence electrons. The summed E-state index contributed by atoms with van der Waals surface area (Å²) in [6, 6.07) is 6.92. The van der Waals surface area contributed by atoms with Crippen LogP contribution in [0.25, 0.3) is 0 Å². The van der Waals surface area contributed by atoms with Gasteiger partial charge in [0.2, 0.25) is 5.91 Å². The second-order valence-electron chi connectivity index (χ2n) is 5.30. The quantitative estimate of drug-likeness (QED) is 0.345. The van der Waals surface area contributed by atoms with E-state index < -0.39 is 39.2 Å². The van der Waals surface area contributed by atoms with Gasteiger partial charge in [0.15, 0.2) is 0 Å². The number of carbonyl (C=O) groups excluding carboxylic acids is 2. The number of halogens is 2. The molecule has 0 fully saturated rings. The Morgan fingerprint density at radius 1 is 1.19 bits per heavy atom. The molecule has 0 spiro atoms. The van der Waals surface area contributed by atoms with E-state index >= 15 is 0 Å². The fourth-order valence-electron chi connectivity index (χ4n) is 2.05. The van der Waals surface area contributed by atoms with Crippen molar-refractivity contribution in [3.8, 4) is 0 Å². The third kappa shape index (κ3) is 5.00. The maximum absolute atomic E-state index is 13.9. The minimum atomic E-state index is -1.11. The molecule has 7 nitrogen and oxygen atoms in total. The molecule has 27 heavy (non-hydrogen) atoms. The maximum atomic E-state index is 13.9. The van der Waals surface area contributed by atoms with Crippen LogP contribution in [-0.2, 0) is 9.53 Å². The number of thioether (sulfide) groups is 1. The Kier molecular flexibility index (Phi) is 6.45. The Bertz CT molecular complexity index is 890. The lowest BCUT2D eigenvalue weighted by atomic mass is 10.1. The molecular formula is C17H14F2N2O5S. The molecule has 2 aromatic rings. The van der Waals surface area contributed by atoms with E-state index in [-0.39, 0.29) is 11.4 Å². The lowest BCUT2D eigenvalue weighted by Crippen LogP contribution is -2.23. The van der Waals surface area contributed by atoms with Gasteiger partial charge in [-0.25, -0.2) is 13.6 Å². The smallest absolute Gasteiger partial charge is 0.340 e. The number of nitrogens with one attached hydrogen (secondary N) is 1. The highest BCUT2D eigenvalue weighted by atomic mass is 32.2. The highest BCUT2D eigenvalue weighted by Crippen LogP contribution is 2.27. The van der Waals surface area contributed by atoms with Crippen molar-refractivity contribution in [1.29, 1.82) is 0 Å². The molecule has 0 aliphatic rings. The van der Waals surface area contributed by atoms with Gasteiger partial charge in [-0.05, 0) is 25.1 Å². The zero-order chi connectivity index (χ0) is 20.1. The van der Waals surface area contributed by atoms with Crippen molar-refractivity contribution in [1.82, 2.24) is 0 Å². The minimum Gasteiger partial charge on any atom is -0.465 e. The predicted octanol–water partition coefficient (Wildman–Crippen LogP) is 3.78. The number of hydrogen-bond acceptors (Lipinski definition) is 6. The molecule has 2 rings (SSSR count). The lowest BCUT2D eigenvalue weighted by molar-refractivity contribution is -0.384. The van der Waals surface area contributed by atoms with Crippen LogP contribution in [0.5, 0.6) is 0 Å². The van der Waals surface area contributed by atoms with E-state index in [2.05, 4.69) is 10.1 Å². The summed E-state index contributed by atoms with van der Waals surface area (Å²) >= 11 is 1.09. The van der Waals surface area contributed by atoms with E-state index in [1.54, 1.807) is 6.92 Å². The predicted molar refractivity (Wildman–Crippen MR) is 94.7 cm³/mol. The van der Waals surface area contributed by atoms with Gasteiger partial charge in [0, 0.05) is 23.1 Å². The second kappa shape index (κ2) is 8.58. The van der Waals surface area contributed by atoms with Crippen LogP contribution < -0.4 is 5.32 Å². The Morgan fingerprint density at radius 2 is 1.81 bits per heavy atom. The van der Waals surface area contributed by atoms with E-state index in [9.17, 15) is 28.5 Å². The van der Waals surface area contributed by atoms with Gasteiger partial charge in [0.05, 0.1) is 28.5 Å². The summed E-state index contributed by atoms with van der Waals surface area (Å²) in [6.07, 6.45) is 0. The standard InChI is InChI=1S/C17H14F2N2O5S/c1-9(27-11-5-3-10(4-6-11)21(24)25)16(22)20-15-7-12(17(23)26-2)13(18)8-14(15)19/h3-9H,1-2H3,(H,20,22). The van der Waals surface area contributed by atoms with Crippen molar-refractivity contribution >= 4 is 35.0 Å². The molecule has 0 aliphatic heterocycles. The van der Waals surface area contributed by atoms with E-state index in [0.29, 0.717) is 11.0 Å². The first kappa shape index (κ1) is 20.3. The molecular weight excluding hydrogens is 382 g/mol. The SMILES string of the molecule is COC(=O)c1cc(NC(=O)C(C)Sc2ccc([N+](=O)[O-])cc2)c(F)cc1F. The summed E-state index contributed by atoms with van der Waals surface area (Å²) in [6.45, 7) is 1.55. The molecule has 2 aromatic carbocycles. The highest BCUT2D eigenvalue weighted by molar-refractivity contribution is 8.00. The van der Waals surface area contributed by atoms with Gasteiger partial charge >= 0.3 is 5.97 Å². The number of carbonyl (C=O) groups is 2. The van der Waals surface area contributed by atoms with Crippen molar-refractivity contribution in [3.05, 3.63) is 63.7 Å². The van der Waals surface area contributed by atoms with E-state index in [0.717, 1.165) is 24.9 Å². The van der Waals surface area contributed by atoms with Crippen molar-refractivity contribution in [2.24, 2.45) is 0 Å². The van der Waals surface area contributed by atoms with Gasteiger partial charge in [-0.1, -0.05) is 0 Å². The summed E-state index contributed by atoms with van der Waals surface area (Å²) in [4.78, 5) is 34.4. The first-order valence-electron chi connectivity index (χ1n) is 7.52. The van der Waals surface area contributed by atoms with Crippen LogP contribution in [0.3, 0.4) is 0 Å². The Balaban J connectivity index is 2.11. The number of nitro benzene ring substituents is 1. The number of nitro groups is 1. The van der Waals surface area contributed by atoms with Crippen LogP contribution in [0.15, 0.2) is 41.3 Å².